The predicted octanol–water partition coefficient (Wildman–Crippen LogP) is 4.97. The highest BCUT2D eigenvalue weighted by Gasteiger charge is 2.30. The quantitative estimate of drug-likeness (QED) is 0.622. The van der Waals surface area contributed by atoms with Crippen molar-refractivity contribution < 1.29 is 22.8 Å². The third-order valence-corrected chi connectivity index (χ3v) is 5.96. The fraction of sp³-hybridized carbons (Fsp3) is 0.440. The zero-order valence-electron chi connectivity index (χ0n) is 18.0. The molecule has 1 heterocycles. The van der Waals surface area contributed by atoms with E-state index >= 15 is 0 Å². The summed E-state index contributed by atoms with van der Waals surface area (Å²) in [5.41, 5.74) is 0.872. The number of carbonyl (C=O) groups is 2. The van der Waals surface area contributed by atoms with E-state index in [-0.39, 0.29) is 18.4 Å². The molecule has 0 saturated carbocycles. The molecule has 2 aromatic carbocycles. The third kappa shape index (κ3) is 7.39. The van der Waals surface area contributed by atoms with Crippen molar-refractivity contribution in [1.29, 1.82) is 0 Å². The summed E-state index contributed by atoms with van der Waals surface area (Å²) in [5, 5.41) is 2.71. The highest BCUT2D eigenvalue weighted by Crippen LogP contribution is 2.29. The number of nitrogens with zero attached hydrogens (tertiary/aromatic N) is 1. The lowest BCUT2D eigenvalue weighted by Gasteiger charge is -2.32. The maximum atomic E-state index is 12.8. The molecule has 2 aromatic rings. The second-order valence-electron chi connectivity index (χ2n) is 8.32. The summed E-state index contributed by atoms with van der Waals surface area (Å²) in [7, 11) is 0. The van der Waals surface area contributed by atoms with Gasteiger partial charge < -0.3 is 10.2 Å². The normalized spacial score (nSPS) is 14.9. The lowest BCUT2D eigenvalue weighted by molar-refractivity contribution is -0.137. The number of nitrogens with one attached hydrogen (secondary N) is 1. The number of amides is 2. The molecular formula is C25H29F3N2O2. The van der Waals surface area contributed by atoms with Crippen molar-refractivity contribution in [1.82, 2.24) is 10.2 Å². The molecule has 0 aliphatic carbocycles. The van der Waals surface area contributed by atoms with Crippen LogP contribution in [0.5, 0.6) is 0 Å². The van der Waals surface area contributed by atoms with Gasteiger partial charge in [0, 0.05) is 32.5 Å². The third-order valence-electron chi connectivity index (χ3n) is 5.96. The Morgan fingerprint density at radius 1 is 0.938 bits per heavy atom. The van der Waals surface area contributed by atoms with Gasteiger partial charge in [0.25, 0.3) is 0 Å². The van der Waals surface area contributed by atoms with Gasteiger partial charge in [-0.2, -0.15) is 13.2 Å². The van der Waals surface area contributed by atoms with E-state index in [0.717, 1.165) is 43.4 Å². The zero-order chi connectivity index (χ0) is 23.0. The number of hydrogen-bond acceptors (Lipinski definition) is 2. The number of aryl methyl sites for hydroxylation is 1. The number of piperidine rings is 1. The van der Waals surface area contributed by atoms with Crippen molar-refractivity contribution in [2.75, 3.05) is 13.1 Å². The molecule has 0 bridgehead atoms. The molecule has 0 spiro atoms. The van der Waals surface area contributed by atoms with Crippen molar-refractivity contribution in [3.05, 3.63) is 71.3 Å². The van der Waals surface area contributed by atoms with Crippen molar-refractivity contribution >= 4 is 11.8 Å². The van der Waals surface area contributed by atoms with E-state index in [1.54, 1.807) is 6.07 Å². The molecule has 0 unspecified atom stereocenters. The minimum absolute atomic E-state index is 0.0805. The first-order valence-electron chi connectivity index (χ1n) is 11.1. The standard InChI is InChI=1S/C25H29F3N2O2/c26-25(27,28)22-8-4-7-21(17-22)18-29-23(31)11-9-20-13-15-30(16-14-20)24(32)12-10-19-5-2-1-3-6-19/h1-8,17,20H,9-16,18H2,(H,29,31). The number of hydrogen-bond donors (Lipinski definition) is 1. The van der Waals surface area contributed by atoms with Crippen LogP contribution in [0.15, 0.2) is 54.6 Å². The Balaban J connectivity index is 1.33. The van der Waals surface area contributed by atoms with E-state index in [1.165, 1.54) is 6.07 Å². The van der Waals surface area contributed by atoms with Crippen LogP contribution in [0.4, 0.5) is 13.2 Å². The van der Waals surface area contributed by atoms with Gasteiger partial charge in [0.05, 0.1) is 5.56 Å². The summed E-state index contributed by atoms with van der Waals surface area (Å²) in [6.07, 6.45) is -0.335. The van der Waals surface area contributed by atoms with Gasteiger partial charge >= 0.3 is 6.18 Å². The van der Waals surface area contributed by atoms with E-state index in [0.29, 0.717) is 37.4 Å². The van der Waals surface area contributed by atoms with Crippen molar-refractivity contribution in [2.45, 2.75) is 51.2 Å². The molecular weight excluding hydrogens is 417 g/mol. The molecule has 172 valence electrons. The summed E-state index contributed by atoms with van der Waals surface area (Å²) >= 11 is 0. The van der Waals surface area contributed by atoms with Crippen LogP contribution in [0.3, 0.4) is 0 Å². The van der Waals surface area contributed by atoms with Crippen LogP contribution in [-0.2, 0) is 28.7 Å². The van der Waals surface area contributed by atoms with Crippen LogP contribution >= 0.6 is 0 Å². The van der Waals surface area contributed by atoms with Gasteiger partial charge in [0.15, 0.2) is 0 Å². The Kier molecular flexibility index (Phi) is 8.31. The largest absolute Gasteiger partial charge is 0.416 e. The van der Waals surface area contributed by atoms with E-state index in [2.05, 4.69) is 5.32 Å². The Morgan fingerprint density at radius 3 is 2.31 bits per heavy atom. The molecule has 1 N–H and O–H groups in total. The number of benzene rings is 2. The van der Waals surface area contributed by atoms with Crippen LogP contribution in [-0.4, -0.2) is 29.8 Å². The fourth-order valence-corrected chi connectivity index (χ4v) is 4.01. The van der Waals surface area contributed by atoms with Gasteiger partial charge in [-0.3, -0.25) is 9.59 Å². The van der Waals surface area contributed by atoms with Crippen molar-refractivity contribution in [2.24, 2.45) is 5.92 Å². The lowest BCUT2D eigenvalue weighted by atomic mass is 9.91. The average molecular weight is 447 g/mol. The number of likely N-dealkylation sites (tertiary alicyclic amines) is 1. The molecule has 1 aliphatic rings. The van der Waals surface area contributed by atoms with E-state index in [1.807, 2.05) is 35.2 Å². The Labute approximate surface area is 186 Å². The second-order valence-corrected chi connectivity index (χ2v) is 8.32. The highest BCUT2D eigenvalue weighted by atomic mass is 19.4. The molecule has 1 fully saturated rings. The topological polar surface area (TPSA) is 49.4 Å². The molecule has 4 nitrogen and oxygen atoms in total. The van der Waals surface area contributed by atoms with Crippen LogP contribution < -0.4 is 5.32 Å². The van der Waals surface area contributed by atoms with Gasteiger partial charge in [-0.1, -0.05) is 42.5 Å². The lowest BCUT2D eigenvalue weighted by Crippen LogP contribution is -2.38. The molecule has 0 atom stereocenters. The average Bonchev–Trinajstić information content (AvgIpc) is 2.80. The highest BCUT2D eigenvalue weighted by molar-refractivity contribution is 5.77. The van der Waals surface area contributed by atoms with Gasteiger partial charge in [-0.15, -0.1) is 0 Å². The maximum absolute atomic E-state index is 12.8. The number of halogens is 3. The van der Waals surface area contributed by atoms with Crippen LogP contribution in [0.1, 0.15) is 48.8 Å². The molecule has 2 amide bonds. The molecule has 1 saturated heterocycles. The summed E-state index contributed by atoms with van der Waals surface area (Å²) in [4.78, 5) is 26.5. The minimum Gasteiger partial charge on any atom is -0.352 e. The van der Waals surface area contributed by atoms with Crippen LogP contribution in [0, 0.1) is 5.92 Å². The second kappa shape index (κ2) is 11.2. The first kappa shape index (κ1) is 23.8. The predicted molar refractivity (Wildman–Crippen MR) is 117 cm³/mol. The van der Waals surface area contributed by atoms with E-state index < -0.39 is 11.7 Å². The van der Waals surface area contributed by atoms with Crippen LogP contribution in [0.25, 0.3) is 0 Å². The smallest absolute Gasteiger partial charge is 0.352 e. The van der Waals surface area contributed by atoms with Crippen LogP contribution in [0.2, 0.25) is 0 Å². The maximum Gasteiger partial charge on any atom is 0.416 e. The summed E-state index contributed by atoms with van der Waals surface area (Å²) in [6, 6.07) is 15.0. The summed E-state index contributed by atoms with van der Waals surface area (Å²) in [5.74, 6) is 0.391. The van der Waals surface area contributed by atoms with Gasteiger partial charge in [0.1, 0.15) is 0 Å². The zero-order valence-corrected chi connectivity index (χ0v) is 18.0. The van der Waals surface area contributed by atoms with Gasteiger partial charge in [-0.25, -0.2) is 0 Å². The fourth-order valence-electron chi connectivity index (χ4n) is 4.01. The number of carbonyl (C=O) groups excluding carboxylic acids is 2. The Hall–Kier alpha value is -2.83. The molecule has 0 aromatic heterocycles. The molecule has 1 aliphatic heterocycles. The SMILES string of the molecule is O=C(CCC1CCN(C(=O)CCc2ccccc2)CC1)NCc1cccc(C(F)(F)F)c1. The first-order chi connectivity index (χ1) is 15.3. The molecule has 7 heteroatoms. The van der Waals surface area contributed by atoms with E-state index in [4.69, 9.17) is 0 Å². The minimum atomic E-state index is -4.39. The van der Waals surface area contributed by atoms with Crippen molar-refractivity contribution in [3.63, 3.8) is 0 Å². The van der Waals surface area contributed by atoms with Gasteiger partial charge in [0.2, 0.25) is 11.8 Å². The summed E-state index contributed by atoms with van der Waals surface area (Å²) in [6.45, 7) is 1.51. The Morgan fingerprint density at radius 2 is 1.62 bits per heavy atom. The number of alkyl halides is 3. The number of rotatable bonds is 8. The van der Waals surface area contributed by atoms with E-state index in [9.17, 15) is 22.8 Å². The molecule has 3 rings (SSSR count). The molecule has 32 heavy (non-hydrogen) atoms. The first-order valence-corrected chi connectivity index (χ1v) is 11.1. The summed E-state index contributed by atoms with van der Waals surface area (Å²) < 4.78 is 38.3. The Bertz CT molecular complexity index is 892. The monoisotopic (exact) mass is 446 g/mol. The molecule has 0 radical (unpaired) electrons. The van der Waals surface area contributed by atoms with Gasteiger partial charge in [-0.05, 0) is 54.9 Å². The van der Waals surface area contributed by atoms with Crippen molar-refractivity contribution in [3.8, 4) is 0 Å².